The summed E-state index contributed by atoms with van der Waals surface area (Å²) < 4.78 is 15.1. The molecule has 0 saturated heterocycles. The highest BCUT2D eigenvalue weighted by Gasteiger charge is 2.14. The lowest BCUT2D eigenvalue weighted by atomic mass is 10.3. The average Bonchev–Trinajstić information content (AvgIpc) is 2.94. The van der Waals surface area contributed by atoms with E-state index < -0.39 is 0 Å². The number of aromatic nitrogens is 3. The van der Waals surface area contributed by atoms with Gasteiger partial charge in [-0.15, -0.1) is 0 Å². The van der Waals surface area contributed by atoms with Crippen LogP contribution < -0.4 is 5.32 Å². The van der Waals surface area contributed by atoms with Gasteiger partial charge in [0.05, 0.1) is 6.54 Å². The molecule has 0 aliphatic heterocycles. The molecule has 7 heteroatoms. The second-order valence-corrected chi connectivity index (χ2v) is 4.16. The van der Waals surface area contributed by atoms with Crippen LogP contribution in [0.1, 0.15) is 25.4 Å². The minimum Gasteiger partial charge on any atom is -0.377 e. The van der Waals surface area contributed by atoms with Gasteiger partial charge in [-0.05, 0) is 0 Å². The first-order chi connectivity index (χ1) is 8.69. The molecule has 0 unspecified atom stereocenters. The van der Waals surface area contributed by atoms with Crippen LogP contribution in [0, 0.1) is 0 Å². The van der Waals surface area contributed by atoms with Gasteiger partial charge in [0.25, 0.3) is 5.89 Å². The van der Waals surface area contributed by atoms with E-state index in [1.807, 2.05) is 0 Å². The number of hydrogen-bond donors (Lipinski definition) is 1. The molecule has 2 aromatic heterocycles. The van der Waals surface area contributed by atoms with E-state index in [-0.39, 0.29) is 0 Å². The Balaban J connectivity index is 2.04. The summed E-state index contributed by atoms with van der Waals surface area (Å²) >= 11 is 0. The van der Waals surface area contributed by atoms with Crippen molar-refractivity contribution in [2.24, 2.45) is 0 Å². The molecule has 2 aromatic rings. The van der Waals surface area contributed by atoms with E-state index in [9.17, 15) is 0 Å². The molecule has 0 spiro atoms. The minimum atomic E-state index is 0.349. The molecule has 0 aromatic carbocycles. The monoisotopic (exact) mass is 252 g/mol. The van der Waals surface area contributed by atoms with Gasteiger partial charge in [0, 0.05) is 19.2 Å². The Morgan fingerprint density at radius 2 is 2.17 bits per heavy atom. The molecule has 0 saturated carbocycles. The van der Waals surface area contributed by atoms with Gasteiger partial charge in [0.2, 0.25) is 0 Å². The van der Waals surface area contributed by atoms with Gasteiger partial charge in [-0.1, -0.05) is 24.2 Å². The highest BCUT2D eigenvalue weighted by Crippen LogP contribution is 2.17. The fraction of sp³-hybridized carbons (Fsp3) is 0.545. The zero-order valence-electron chi connectivity index (χ0n) is 10.6. The normalized spacial score (nSPS) is 11.3. The van der Waals surface area contributed by atoms with Gasteiger partial charge < -0.3 is 19.1 Å². The lowest BCUT2D eigenvalue weighted by Crippen LogP contribution is -2.22. The Morgan fingerprint density at radius 3 is 2.89 bits per heavy atom. The number of nitrogens with zero attached hydrogens (tertiary/aromatic N) is 3. The molecule has 18 heavy (non-hydrogen) atoms. The number of nitrogens with one attached hydrogen (secondary N) is 1. The van der Waals surface area contributed by atoms with Crippen LogP contribution in [0.5, 0.6) is 0 Å². The van der Waals surface area contributed by atoms with E-state index >= 15 is 0 Å². The van der Waals surface area contributed by atoms with Crippen LogP contribution in [0.25, 0.3) is 11.6 Å². The van der Waals surface area contributed by atoms with Gasteiger partial charge >= 0.3 is 0 Å². The first-order valence-corrected chi connectivity index (χ1v) is 5.70. The Bertz CT molecular complexity index is 492. The van der Waals surface area contributed by atoms with Crippen molar-refractivity contribution in [3.63, 3.8) is 0 Å². The highest BCUT2D eigenvalue weighted by atomic mass is 16.5. The number of methoxy groups -OCH3 is 1. The molecule has 2 heterocycles. The first kappa shape index (κ1) is 12.7. The molecule has 0 fully saturated rings. The van der Waals surface area contributed by atoms with Gasteiger partial charge in [-0.3, -0.25) is 0 Å². The van der Waals surface area contributed by atoms with Crippen LogP contribution in [0.4, 0.5) is 0 Å². The molecule has 0 aliphatic carbocycles. The third-order valence-electron chi connectivity index (χ3n) is 2.20. The van der Waals surface area contributed by atoms with E-state index in [0.717, 1.165) is 0 Å². The third-order valence-corrected chi connectivity index (χ3v) is 2.20. The molecule has 0 amide bonds. The van der Waals surface area contributed by atoms with Crippen LogP contribution in [0.15, 0.2) is 15.1 Å². The highest BCUT2D eigenvalue weighted by molar-refractivity contribution is 5.45. The van der Waals surface area contributed by atoms with Gasteiger partial charge in [-0.25, -0.2) is 0 Å². The Hall–Kier alpha value is -1.73. The molecule has 0 aliphatic rings. The number of rotatable bonds is 6. The van der Waals surface area contributed by atoms with E-state index in [4.69, 9.17) is 13.8 Å². The molecule has 98 valence electrons. The van der Waals surface area contributed by atoms with Crippen molar-refractivity contribution in [3.8, 4) is 11.6 Å². The largest absolute Gasteiger partial charge is 0.377 e. The van der Waals surface area contributed by atoms with Crippen LogP contribution in [0.2, 0.25) is 0 Å². The van der Waals surface area contributed by atoms with Crippen molar-refractivity contribution in [2.75, 3.05) is 7.11 Å². The van der Waals surface area contributed by atoms with Crippen molar-refractivity contribution in [3.05, 3.63) is 17.7 Å². The standard InChI is InChI=1S/C11H16N4O3/c1-7(2)12-5-10-13-11(18-15-10)9-4-8(6-16-3)17-14-9/h4,7,12H,5-6H2,1-3H3. The fourth-order valence-corrected chi connectivity index (χ4v) is 1.35. The molecular formula is C11H16N4O3. The summed E-state index contributed by atoms with van der Waals surface area (Å²) in [6, 6.07) is 2.09. The van der Waals surface area contributed by atoms with Crippen molar-refractivity contribution in [1.82, 2.24) is 20.6 Å². The maximum Gasteiger partial charge on any atom is 0.280 e. The van der Waals surface area contributed by atoms with Gasteiger partial charge in [-0.2, -0.15) is 4.98 Å². The molecule has 0 radical (unpaired) electrons. The maximum atomic E-state index is 5.11. The molecule has 1 N–H and O–H groups in total. The molecular weight excluding hydrogens is 236 g/mol. The molecule has 7 nitrogen and oxygen atoms in total. The molecule has 0 atom stereocenters. The van der Waals surface area contributed by atoms with Crippen molar-refractivity contribution < 1.29 is 13.8 Å². The number of ether oxygens (including phenoxy) is 1. The van der Waals surface area contributed by atoms with Crippen LogP contribution in [-0.4, -0.2) is 28.4 Å². The summed E-state index contributed by atoms with van der Waals surface area (Å²) in [5.41, 5.74) is 0.519. The summed E-state index contributed by atoms with van der Waals surface area (Å²) in [6.45, 7) is 5.03. The van der Waals surface area contributed by atoms with E-state index in [0.29, 0.717) is 42.4 Å². The van der Waals surface area contributed by atoms with Gasteiger partial charge in [0.1, 0.15) is 6.61 Å². The van der Waals surface area contributed by atoms with E-state index in [1.165, 1.54) is 0 Å². The van der Waals surface area contributed by atoms with Crippen molar-refractivity contribution in [2.45, 2.75) is 33.0 Å². The maximum absolute atomic E-state index is 5.11. The molecule has 0 bridgehead atoms. The number of hydrogen-bond acceptors (Lipinski definition) is 7. The van der Waals surface area contributed by atoms with Crippen LogP contribution >= 0.6 is 0 Å². The lowest BCUT2D eigenvalue weighted by molar-refractivity contribution is 0.156. The summed E-state index contributed by atoms with van der Waals surface area (Å²) in [4.78, 5) is 4.22. The van der Waals surface area contributed by atoms with E-state index in [2.05, 4.69) is 34.5 Å². The zero-order chi connectivity index (χ0) is 13.0. The SMILES string of the molecule is COCc1cc(-c2nc(CNC(C)C)no2)no1. The lowest BCUT2D eigenvalue weighted by Gasteiger charge is -2.02. The predicted octanol–water partition coefficient (Wildman–Crippen LogP) is 1.37. The van der Waals surface area contributed by atoms with Crippen molar-refractivity contribution in [1.29, 1.82) is 0 Å². The summed E-state index contributed by atoms with van der Waals surface area (Å²) in [6.07, 6.45) is 0. The van der Waals surface area contributed by atoms with Crippen LogP contribution in [-0.2, 0) is 17.9 Å². The minimum absolute atomic E-state index is 0.349. The fourth-order valence-electron chi connectivity index (χ4n) is 1.35. The summed E-state index contributed by atoms with van der Waals surface area (Å²) in [7, 11) is 1.59. The first-order valence-electron chi connectivity index (χ1n) is 5.70. The summed E-state index contributed by atoms with van der Waals surface area (Å²) in [5.74, 6) is 1.56. The molecule has 2 rings (SSSR count). The Kier molecular flexibility index (Phi) is 4.06. The van der Waals surface area contributed by atoms with E-state index in [1.54, 1.807) is 13.2 Å². The van der Waals surface area contributed by atoms with Crippen LogP contribution in [0.3, 0.4) is 0 Å². The Labute approximate surface area is 104 Å². The quantitative estimate of drug-likeness (QED) is 0.830. The van der Waals surface area contributed by atoms with Gasteiger partial charge in [0.15, 0.2) is 17.3 Å². The summed E-state index contributed by atoms with van der Waals surface area (Å²) in [5, 5.41) is 10.9. The topological polar surface area (TPSA) is 86.2 Å². The predicted molar refractivity (Wildman–Crippen MR) is 62.5 cm³/mol. The second kappa shape index (κ2) is 5.74. The van der Waals surface area contributed by atoms with Crippen molar-refractivity contribution >= 4 is 0 Å². The average molecular weight is 252 g/mol. The third kappa shape index (κ3) is 3.14. The second-order valence-electron chi connectivity index (χ2n) is 4.16. The zero-order valence-corrected chi connectivity index (χ0v) is 10.6. The smallest absolute Gasteiger partial charge is 0.280 e. The Morgan fingerprint density at radius 1 is 1.33 bits per heavy atom.